The van der Waals surface area contributed by atoms with Crippen molar-refractivity contribution in [1.29, 1.82) is 0 Å². The third kappa shape index (κ3) is 5.46. The van der Waals surface area contributed by atoms with E-state index in [1.807, 2.05) is 6.92 Å². The summed E-state index contributed by atoms with van der Waals surface area (Å²) in [5.74, 6) is -0.0808. The predicted octanol–water partition coefficient (Wildman–Crippen LogP) is 3.41. The van der Waals surface area contributed by atoms with Crippen LogP contribution < -0.4 is 19.7 Å². The summed E-state index contributed by atoms with van der Waals surface area (Å²) in [6.07, 6.45) is 2.96. The van der Waals surface area contributed by atoms with E-state index in [9.17, 15) is 14.4 Å². The molecular weight excluding hydrogens is 412 g/mol. The molecule has 0 radical (unpaired) electrons. The second-order valence-corrected chi connectivity index (χ2v) is 7.17. The number of hydrogen-bond donors (Lipinski definition) is 1. The number of esters is 1. The van der Waals surface area contributed by atoms with E-state index in [-0.39, 0.29) is 18.4 Å². The predicted molar refractivity (Wildman–Crippen MR) is 121 cm³/mol. The van der Waals surface area contributed by atoms with Crippen molar-refractivity contribution >= 4 is 35.2 Å². The first kappa shape index (κ1) is 22.9. The zero-order valence-corrected chi connectivity index (χ0v) is 18.3. The van der Waals surface area contributed by atoms with Crippen LogP contribution in [0, 0.1) is 0 Å². The molecule has 2 amide bonds. The van der Waals surface area contributed by atoms with E-state index in [4.69, 9.17) is 14.2 Å². The molecule has 0 fully saturated rings. The second-order valence-electron chi connectivity index (χ2n) is 7.17. The van der Waals surface area contributed by atoms with Crippen molar-refractivity contribution in [2.75, 3.05) is 30.5 Å². The molecule has 0 bridgehead atoms. The third-order valence-electron chi connectivity index (χ3n) is 4.87. The molecule has 168 valence electrons. The summed E-state index contributed by atoms with van der Waals surface area (Å²) in [5.41, 5.74) is 1.84. The van der Waals surface area contributed by atoms with Crippen molar-refractivity contribution in [2.24, 2.45) is 0 Å². The monoisotopic (exact) mass is 438 g/mol. The van der Waals surface area contributed by atoms with Crippen LogP contribution in [0.1, 0.15) is 25.8 Å². The van der Waals surface area contributed by atoms with Gasteiger partial charge in [-0.1, -0.05) is 18.2 Å². The van der Waals surface area contributed by atoms with Gasteiger partial charge in [0.05, 0.1) is 25.1 Å². The van der Waals surface area contributed by atoms with Crippen molar-refractivity contribution in [3.05, 3.63) is 54.1 Å². The van der Waals surface area contributed by atoms with Crippen LogP contribution in [0.5, 0.6) is 11.5 Å². The molecule has 0 aliphatic carbocycles. The third-order valence-corrected chi connectivity index (χ3v) is 4.87. The number of nitrogens with zero attached hydrogens (tertiary/aromatic N) is 1. The summed E-state index contributed by atoms with van der Waals surface area (Å²) in [5, 5.41) is 2.79. The number of amides is 2. The Morgan fingerprint density at radius 1 is 1.19 bits per heavy atom. The Kier molecular flexibility index (Phi) is 7.49. The number of para-hydroxylation sites is 2. The average Bonchev–Trinajstić information content (AvgIpc) is 2.91. The number of hydrogen-bond acceptors (Lipinski definition) is 6. The van der Waals surface area contributed by atoms with Gasteiger partial charge < -0.3 is 24.4 Å². The van der Waals surface area contributed by atoms with Crippen LogP contribution in [0.15, 0.2) is 48.5 Å². The van der Waals surface area contributed by atoms with E-state index >= 15 is 0 Å². The van der Waals surface area contributed by atoms with Crippen LogP contribution in [-0.4, -0.2) is 44.1 Å². The summed E-state index contributed by atoms with van der Waals surface area (Å²) in [6.45, 7) is 3.73. The van der Waals surface area contributed by atoms with Crippen molar-refractivity contribution in [3.63, 3.8) is 0 Å². The molecule has 8 heteroatoms. The maximum Gasteiger partial charge on any atom is 0.331 e. The molecule has 8 nitrogen and oxygen atoms in total. The molecule has 2 aromatic rings. The molecule has 0 spiro atoms. The average molecular weight is 438 g/mol. The summed E-state index contributed by atoms with van der Waals surface area (Å²) in [4.78, 5) is 38.6. The Bertz CT molecular complexity index is 1030. The fourth-order valence-electron chi connectivity index (χ4n) is 3.45. The molecule has 0 saturated carbocycles. The Hall–Kier alpha value is -3.81. The number of methoxy groups -OCH3 is 1. The number of fused-ring (bicyclic) bond motifs is 1. The van der Waals surface area contributed by atoms with Gasteiger partial charge in [-0.15, -0.1) is 0 Å². The van der Waals surface area contributed by atoms with Crippen LogP contribution in [0.3, 0.4) is 0 Å². The van der Waals surface area contributed by atoms with E-state index in [0.717, 1.165) is 0 Å². The van der Waals surface area contributed by atoms with Crippen LogP contribution in [0.4, 0.5) is 11.4 Å². The van der Waals surface area contributed by atoms with Gasteiger partial charge >= 0.3 is 5.97 Å². The first-order chi connectivity index (χ1) is 15.4. The number of carbonyl (C=O) groups excluding carboxylic acids is 3. The first-order valence-corrected chi connectivity index (χ1v) is 10.3. The van der Waals surface area contributed by atoms with Gasteiger partial charge in [0.25, 0.3) is 5.91 Å². The van der Waals surface area contributed by atoms with Crippen LogP contribution in [-0.2, 0) is 19.1 Å². The Balaban J connectivity index is 1.65. The highest BCUT2D eigenvalue weighted by molar-refractivity contribution is 6.05. The molecule has 0 aromatic heterocycles. The SMILES string of the molecule is CCOc1ccc(C=CC(=O)OCC(=O)N2c3ccccc3NC(=O)CC2C)cc1OC. The standard InChI is InChI=1S/C24H26N2O6/c1-4-31-20-11-9-17(14-21(20)30-3)10-12-24(29)32-15-23(28)26-16(2)13-22(27)25-18-7-5-6-8-19(18)26/h5-12,14,16H,4,13,15H2,1-3H3,(H,25,27). The number of carbonyl (C=O) groups is 3. The van der Waals surface area contributed by atoms with Gasteiger partial charge in [-0.25, -0.2) is 4.79 Å². The highest BCUT2D eigenvalue weighted by Crippen LogP contribution is 2.31. The van der Waals surface area contributed by atoms with Crippen LogP contribution in [0.25, 0.3) is 6.08 Å². The Morgan fingerprint density at radius 2 is 1.97 bits per heavy atom. The molecule has 0 saturated heterocycles. The highest BCUT2D eigenvalue weighted by Gasteiger charge is 2.29. The van der Waals surface area contributed by atoms with Crippen molar-refractivity contribution < 1.29 is 28.6 Å². The quantitative estimate of drug-likeness (QED) is 0.526. The van der Waals surface area contributed by atoms with Gasteiger partial charge in [-0.05, 0) is 49.8 Å². The molecule has 1 atom stereocenters. The minimum absolute atomic E-state index is 0.147. The number of anilines is 2. The van der Waals surface area contributed by atoms with E-state index in [0.29, 0.717) is 35.0 Å². The fraction of sp³-hybridized carbons (Fsp3) is 0.292. The highest BCUT2D eigenvalue weighted by atomic mass is 16.5. The molecule has 1 unspecified atom stereocenters. The van der Waals surface area contributed by atoms with Gasteiger partial charge in [-0.3, -0.25) is 9.59 Å². The summed E-state index contributed by atoms with van der Waals surface area (Å²) in [6, 6.07) is 11.9. The number of rotatable bonds is 7. The molecule has 1 N–H and O–H groups in total. The Morgan fingerprint density at radius 3 is 2.72 bits per heavy atom. The lowest BCUT2D eigenvalue weighted by Crippen LogP contribution is -2.41. The molecular formula is C24H26N2O6. The minimum Gasteiger partial charge on any atom is -0.493 e. The van der Waals surface area contributed by atoms with Gasteiger partial charge in [0.15, 0.2) is 18.1 Å². The number of nitrogens with one attached hydrogen (secondary N) is 1. The van der Waals surface area contributed by atoms with Gasteiger partial charge in [0.2, 0.25) is 5.91 Å². The van der Waals surface area contributed by atoms with Crippen LogP contribution >= 0.6 is 0 Å². The molecule has 1 aliphatic heterocycles. The summed E-state index contributed by atoms with van der Waals surface area (Å²) >= 11 is 0. The molecule has 32 heavy (non-hydrogen) atoms. The lowest BCUT2D eigenvalue weighted by molar-refractivity contribution is -0.143. The maximum absolute atomic E-state index is 12.8. The van der Waals surface area contributed by atoms with Crippen molar-refractivity contribution in [3.8, 4) is 11.5 Å². The maximum atomic E-state index is 12.8. The lowest BCUT2D eigenvalue weighted by Gasteiger charge is -2.27. The summed E-state index contributed by atoms with van der Waals surface area (Å²) in [7, 11) is 1.54. The fourth-order valence-corrected chi connectivity index (χ4v) is 3.45. The summed E-state index contributed by atoms with van der Waals surface area (Å²) < 4.78 is 15.9. The minimum atomic E-state index is -0.656. The lowest BCUT2D eigenvalue weighted by atomic mass is 10.1. The molecule has 2 aromatic carbocycles. The van der Waals surface area contributed by atoms with Gasteiger partial charge in [0.1, 0.15) is 0 Å². The number of benzene rings is 2. The largest absolute Gasteiger partial charge is 0.493 e. The molecule has 1 aliphatic rings. The van der Waals surface area contributed by atoms with Gasteiger partial charge in [-0.2, -0.15) is 0 Å². The van der Waals surface area contributed by atoms with Crippen molar-refractivity contribution in [1.82, 2.24) is 0 Å². The van der Waals surface area contributed by atoms with E-state index < -0.39 is 18.5 Å². The number of ether oxygens (including phenoxy) is 3. The zero-order chi connectivity index (χ0) is 23.1. The second kappa shape index (κ2) is 10.5. The normalized spacial score (nSPS) is 15.5. The van der Waals surface area contributed by atoms with E-state index in [1.165, 1.54) is 18.1 Å². The molecule has 1 heterocycles. The zero-order valence-electron chi connectivity index (χ0n) is 18.3. The smallest absolute Gasteiger partial charge is 0.331 e. The molecule has 3 rings (SSSR count). The van der Waals surface area contributed by atoms with E-state index in [1.54, 1.807) is 55.5 Å². The van der Waals surface area contributed by atoms with Gasteiger partial charge in [0, 0.05) is 18.5 Å². The Labute approximate surface area is 186 Å². The van der Waals surface area contributed by atoms with E-state index in [2.05, 4.69) is 5.32 Å². The topological polar surface area (TPSA) is 94.2 Å². The first-order valence-electron chi connectivity index (χ1n) is 10.3. The van der Waals surface area contributed by atoms with Crippen LogP contribution in [0.2, 0.25) is 0 Å². The van der Waals surface area contributed by atoms with Crippen molar-refractivity contribution in [2.45, 2.75) is 26.3 Å².